The number of carbonyl (C=O) groups excluding carboxylic acids is 2. The van der Waals surface area contributed by atoms with E-state index >= 15 is 0 Å². The van der Waals surface area contributed by atoms with E-state index in [2.05, 4.69) is 27.7 Å². The van der Waals surface area contributed by atoms with Gasteiger partial charge in [0.15, 0.2) is 0 Å². The third-order valence-corrected chi connectivity index (χ3v) is 11.2. The molecule has 0 heterocycles. The number of aliphatic hydroxyl groups is 2. The fraction of sp³-hybridized carbons (Fsp3) is 0.926. The Bertz CT molecular complexity index is 791. The van der Waals surface area contributed by atoms with Crippen LogP contribution in [0.1, 0.15) is 93.4 Å². The summed E-state index contributed by atoms with van der Waals surface area (Å²) in [6.07, 6.45) is 4.73. The van der Waals surface area contributed by atoms with Crippen LogP contribution in [0.15, 0.2) is 0 Å². The molecule has 0 aromatic rings. The molecule has 0 amide bonds. The molecule has 5 heteroatoms. The van der Waals surface area contributed by atoms with Crippen molar-refractivity contribution in [2.24, 2.45) is 45.3 Å². The van der Waals surface area contributed by atoms with Gasteiger partial charge in [-0.2, -0.15) is 0 Å². The number of carbonyl (C=O) groups is 2. The normalized spacial score (nSPS) is 52.2. The summed E-state index contributed by atoms with van der Waals surface area (Å²) in [5, 5.41) is 22.6. The summed E-state index contributed by atoms with van der Waals surface area (Å²) in [5.74, 6) is -0.394. The van der Waals surface area contributed by atoms with Crippen molar-refractivity contribution >= 4 is 11.8 Å². The predicted octanol–water partition coefficient (Wildman–Crippen LogP) is 4.52. The van der Waals surface area contributed by atoms with Crippen LogP contribution in [-0.2, 0) is 14.3 Å². The Morgan fingerprint density at radius 3 is 2.06 bits per heavy atom. The molecule has 0 aromatic carbocycles. The second kappa shape index (κ2) is 7.53. The molecule has 0 bridgehead atoms. The van der Waals surface area contributed by atoms with Gasteiger partial charge in [-0.25, -0.2) is 0 Å². The quantitative estimate of drug-likeness (QED) is 0.607. The van der Waals surface area contributed by atoms with Crippen molar-refractivity contribution in [2.45, 2.75) is 112 Å². The van der Waals surface area contributed by atoms with Crippen molar-refractivity contribution in [2.75, 3.05) is 0 Å². The van der Waals surface area contributed by atoms with Crippen LogP contribution in [0.4, 0.5) is 0 Å². The minimum atomic E-state index is -1.02. The van der Waals surface area contributed by atoms with Crippen molar-refractivity contribution < 1.29 is 24.5 Å². The molecule has 0 radical (unpaired) electrons. The van der Waals surface area contributed by atoms with Gasteiger partial charge in [0.05, 0.1) is 18.1 Å². The number of ether oxygens (including phenoxy) is 1. The summed E-state index contributed by atoms with van der Waals surface area (Å²) in [7, 11) is 0. The number of rotatable bonds is 2. The summed E-state index contributed by atoms with van der Waals surface area (Å²) in [6, 6.07) is 0. The first kappa shape index (κ1) is 24.2. The molecule has 3 unspecified atom stereocenters. The lowest BCUT2D eigenvalue weighted by Gasteiger charge is -2.71. The number of esters is 1. The topological polar surface area (TPSA) is 83.8 Å². The minimum Gasteiger partial charge on any atom is -0.462 e. The molecule has 4 rings (SSSR count). The highest BCUT2D eigenvalue weighted by molar-refractivity contribution is 5.80. The van der Waals surface area contributed by atoms with Crippen molar-refractivity contribution in [3.63, 3.8) is 0 Å². The van der Waals surface area contributed by atoms with E-state index in [0.29, 0.717) is 18.3 Å². The Morgan fingerprint density at radius 1 is 0.844 bits per heavy atom. The van der Waals surface area contributed by atoms with Gasteiger partial charge in [0.25, 0.3) is 0 Å². The van der Waals surface area contributed by atoms with Crippen LogP contribution >= 0.6 is 0 Å². The van der Waals surface area contributed by atoms with Gasteiger partial charge in [-0.15, -0.1) is 0 Å². The maximum Gasteiger partial charge on any atom is 0.302 e. The highest BCUT2D eigenvalue weighted by atomic mass is 16.5. The van der Waals surface area contributed by atoms with Gasteiger partial charge in [0.2, 0.25) is 0 Å². The highest BCUT2D eigenvalue weighted by Crippen LogP contribution is 2.73. The standard InChI is InChI=1S/C27H44O5/c1-15(28)22-17(30)13-20-26(6)12-9-18-24(3,4)10-8-11-25(18,5)19(26)14-21(32-16(2)29)27(20,7)23(22)31/h17-23,30-31H,8-14H2,1-7H3/t17-,18?,19?,20?,21-,22+,23-,25-,26+,27+/m0/s1. The number of fused-ring (bicyclic) bond motifs is 5. The van der Waals surface area contributed by atoms with E-state index in [-0.39, 0.29) is 33.9 Å². The zero-order valence-corrected chi connectivity index (χ0v) is 21.1. The molecule has 0 aromatic heterocycles. The smallest absolute Gasteiger partial charge is 0.302 e. The summed E-state index contributed by atoms with van der Waals surface area (Å²) in [4.78, 5) is 24.6. The molecule has 4 aliphatic rings. The first-order chi connectivity index (χ1) is 14.7. The molecule has 4 aliphatic carbocycles. The van der Waals surface area contributed by atoms with Crippen LogP contribution in [0.25, 0.3) is 0 Å². The zero-order valence-electron chi connectivity index (χ0n) is 21.1. The van der Waals surface area contributed by atoms with E-state index < -0.39 is 29.6 Å². The molecule has 5 nitrogen and oxygen atoms in total. The Hall–Kier alpha value is -0.940. The lowest BCUT2D eigenvalue weighted by molar-refractivity contribution is -0.276. The number of ketones is 1. The molecule has 182 valence electrons. The number of aliphatic hydroxyl groups excluding tert-OH is 2. The molecule has 2 N–H and O–H groups in total. The van der Waals surface area contributed by atoms with Gasteiger partial charge in [-0.3, -0.25) is 9.59 Å². The lowest BCUT2D eigenvalue weighted by atomic mass is 9.34. The molecule has 0 spiro atoms. The van der Waals surface area contributed by atoms with E-state index in [9.17, 15) is 19.8 Å². The van der Waals surface area contributed by atoms with E-state index in [1.54, 1.807) is 0 Å². The van der Waals surface area contributed by atoms with E-state index in [1.165, 1.54) is 33.1 Å². The average molecular weight is 449 g/mol. The van der Waals surface area contributed by atoms with Gasteiger partial charge < -0.3 is 14.9 Å². The third-order valence-electron chi connectivity index (χ3n) is 11.2. The first-order valence-electron chi connectivity index (χ1n) is 12.7. The maximum absolute atomic E-state index is 12.4. The SMILES string of the molecule is CC(=O)O[C@H]1CC2[C@@]3(C)CCCC(C)(C)C3CC[C@@]2(C)C2C[C@H](O)[C@@H](C(C)=O)[C@H](O)[C@]21C. The second-order valence-corrected chi connectivity index (χ2v) is 13.1. The van der Waals surface area contributed by atoms with Gasteiger partial charge in [-0.1, -0.05) is 41.0 Å². The van der Waals surface area contributed by atoms with Crippen LogP contribution < -0.4 is 0 Å². The van der Waals surface area contributed by atoms with Crippen LogP contribution in [0, 0.1) is 45.3 Å². The predicted molar refractivity (Wildman–Crippen MR) is 123 cm³/mol. The van der Waals surface area contributed by atoms with E-state index in [4.69, 9.17) is 4.74 Å². The van der Waals surface area contributed by atoms with Crippen LogP contribution in [-0.4, -0.2) is 40.3 Å². The molecule has 10 atom stereocenters. The molecular weight excluding hydrogens is 404 g/mol. The van der Waals surface area contributed by atoms with Crippen LogP contribution in [0.5, 0.6) is 0 Å². The Morgan fingerprint density at radius 2 is 1.47 bits per heavy atom. The fourth-order valence-electron chi connectivity index (χ4n) is 9.82. The third kappa shape index (κ3) is 3.16. The van der Waals surface area contributed by atoms with Crippen LogP contribution in [0.2, 0.25) is 0 Å². The van der Waals surface area contributed by atoms with Gasteiger partial charge in [0.1, 0.15) is 11.9 Å². The van der Waals surface area contributed by atoms with Crippen molar-refractivity contribution in [1.29, 1.82) is 0 Å². The number of Topliss-reactive ketones (excluding diaryl/α,β-unsaturated/α-hetero) is 1. The highest BCUT2D eigenvalue weighted by Gasteiger charge is 2.70. The Balaban J connectivity index is 1.83. The lowest BCUT2D eigenvalue weighted by Crippen LogP contribution is -2.71. The molecular formula is C27H44O5. The molecule has 0 saturated heterocycles. The summed E-state index contributed by atoms with van der Waals surface area (Å²) in [5.41, 5.74) is -0.396. The maximum atomic E-state index is 12.4. The minimum absolute atomic E-state index is 0.0125. The summed E-state index contributed by atoms with van der Waals surface area (Å²) >= 11 is 0. The van der Waals surface area contributed by atoms with Gasteiger partial charge in [0, 0.05) is 12.3 Å². The monoisotopic (exact) mass is 448 g/mol. The number of hydrogen-bond donors (Lipinski definition) is 2. The molecule has 32 heavy (non-hydrogen) atoms. The molecule has 4 saturated carbocycles. The van der Waals surface area contributed by atoms with Crippen LogP contribution in [0.3, 0.4) is 0 Å². The van der Waals surface area contributed by atoms with Gasteiger partial charge >= 0.3 is 5.97 Å². The molecule has 4 fully saturated rings. The largest absolute Gasteiger partial charge is 0.462 e. The Labute approximate surface area is 193 Å². The Kier molecular flexibility index (Phi) is 5.69. The van der Waals surface area contributed by atoms with E-state index in [1.807, 2.05) is 6.92 Å². The summed E-state index contributed by atoms with van der Waals surface area (Å²) in [6.45, 7) is 14.6. The van der Waals surface area contributed by atoms with Crippen molar-refractivity contribution in [3.8, 4) is 0 Å². The van der Waals surface area contributed by atoms with Crippen molar-refractivity contribution in [3.05, 3.63) is 0 Å². The second-order valence-electron chi connectivity index (χ2n) is 13.1. The van der Waals surface area contributed by atoms with E-state index in [0.717, 1.165) is 19.3 Å². The van der Waals surface area contributed by atoms with Crippen molar-refractivity contribution in [1.82, 2.24) is 0 Å². The summed E-state index contributed by atoms with van der Waals surface area (Å²) < 4.78 is 5.98. The first-order valence-corrected chi connectivity index (χ1v) is 12.7. The number of hydrogen-bond acceptors (Lipinski definition) is 5. The zero-order chi connectivity index (χ0) is 23.9. The average Bonchev–Trinajstić information content (AvgIpc) is 2.64. The molecule has 0 aliphatic heterocycles. The van der Waals surface area contributed by atoms with Gasteiger partial charge in [-0.05, 0) is 79.4 Å². The fourth-order valence-corrected chi connectivity index (χ4v) is 9.82.